The highest BCUT2D eigenvalue weighted by Crippen LogP contribution is 2.14. The zero-order valence-electron chi connectivity index (χ0n) is 18.9. The highest BCUT2D eigenvalue weighted by Gasteiger charge is 2.23. The maximum Gasteiger partial charge on any atom is 0.416 e. The number of carbonyl (C=O) groups excluding carboxylic acids is 1. The molecule has 10 nitrogen and oxygen atoms in total. The zero-order valence-corrected chi connectivity index (χ0v) is 19.7. The van der Waals surface area contributed by atoms with Gasteiger partial charge in [-0.3, -0.25) is 9.88 Å². The minimum atomic E-state index is -0.998. The quantitative estimate of drug-likeness (QED) is 0.560. The number of amides is 1. The van der Waals surface area contributed by atoms with Gasteiger partial charge >= 0.3 is 12.1 Å². The number of pyridine rings is 2. The number of hydrogen-bond acceptors (Lipinski definition) is 7. The average molecular weight is 473 g/mol. The molecular formula is C22H28N6O4S. The molecule has 0 radical (unpaired) electrons. The fourth-order valence-corrected chi connectivity index (χ4v) is 3.56. The van der Waals surface area contributed by atoms with E-state index in [9.17, 15) is 9.59 Å². The van der Waals surface area contributed by atoms with Gasteiger partial charge in [0.15, 0.2) is 5.11 Å². The van der Waals surface area contributed by atoms with Gasteiger partial charge in [0.1, 0.15) is 0 Å². The predicted molar refractivity (Wildman–Crippen MR) is 127 cm³/mol. The van der Waals surface area contributed by atoms with Crippen molar-refractivity contribution in [1.82, 2.24) is 25.1 Å². The van der Waals surface area contributed by atoms with Crippen LogP contribution in [0.3, 0.4) is 0 Å². The van der Waals surface area contributed by atoms with Gasteiger partial charge in [-0.15, -0.1) is 0 Å². The summed E-state index contributed by atoms with van der Waals surface area (Å²) < 4.78 is 5.40. The average Bonchev–Trinajstić information content (AvgIpc) is 2.74. The summed E-state index contributed by atoms with van der Waals surface area (Å²) >= 11 is 5.27. The summed E-state index contributed by atoms with van der Waals surface area (Å²) in [6, 6.07) is 6.61. The standard InChI is InChI=1S/C22H28N6O4S/c1-22(2,3)26-20(33)25-16-6-7-18(24-13-16)32-21(31)28-10-8-27(9-11-28)14-17-5-4-15(12-23-17)19(29)30/h4-7,12-13H,8-11,14H2,1-3H3,(H,29,30)(H2,25,26,33). The number of ether oxygens (including phenoxy) is 1. The second-order valence-corrected chi connectivity index (χ2v) is 9.10. The molecule has 0 bridgehead atoms. The van der Waals surface area contributed by atoms with E-state index in [0.717, 1.165) is 5.69 Å². The Bertz CT molecular complexity index is 983. The van der Waals surface area contributed by atoms with E-state index in [2.05, 4.69) is 25.5 Å². The molecular weight excluding hydrogens is 444 g/mol. The van der Waals surface area contributed by atoms with Gasteiger partial charge in [0, 0.05) is 50.5 Å². The summed E-state index contributed by atoms with van der Waals surface area (Å²) in [7, 11) is 0. The van der Waals surface area contributed by atoms with E-state index in [4.69, 9.17) is 22.1 Å². The number of carboxylic acid groups (broad SMARTS) is 1. The maximum absolute atomic E-state index is 12.5. The van der Waals surface area contributed by atoms with E-state index in [1.807, 2.05) is 20.8 Å². The predicted octanol–water partition coefficient (Wildman–Crippen LogP) is 2.58. The van der Waals surface area contributed by atoms with Gasteiger partial charge in [-0.1, -0.05) is 0 Å². The Balaban J connectivity index is 1.44. The van der Waals surface area contributed by atoms with Crippen molar-refractivity contribution in [3.63, 3.8) is 0 Å². The lowest BCUT2D eigenvalue weighted by Gasteiger charge is -2.33. The van der Waals surface area contributed by atoms with Gasteiger partial charge < -0.3 is 25.4 Å². The lowest BCUT2D eigenvalue weighted by molar-refractivity contribution is 0.0696. The fourth-order valence-electron chi connectivity index (χ4n) is 3.13. The third-order valence-electron chi connectivity index (χ3n) is 4.76. The molecule has 0 unspecified atom stereocenters. The first kappa shape index (κ1) is 24.3. The fraction of sp³-hybridized carbons (Fsp3) is 0.409. The smallest absolute Gasteiger partial charge is 0.416 e. The first-order valence-electron chi connectivity index (χ1n) is 10.5. The number of aromatic nitrogens is 2. The van der Waals surface area contributed by atoms with E-state index in [1.165, 1.54) is 6.20 Å². The van der Waals surface area contributed by atoms with Crippen LogP contribution in [0.2, 0.25) is 0 Å². The second-order valence-electron chi connectivity index (χ2n) is 8.69. The molecule has 33 heavy (non-hydrogen) atoms. The minimum absolute atomic E-state index is 0.154. The summed E-state index contributed by atoms with van der Waals surface area (Å²) in [5.41, 5.74) is 1.48. The number of anilines is 1. The molecule has 3 N–H and O–H groups in total. The number of aromatic carboxylic acids is 1. The van der Waals surface area contributed by atoms with Crippen LogP contribution in [0.25, 0.3) is 0 Å². The molecule has 0 spiro atoms. The van der Waals surface area contributed by atoms with Crippen LogP contribution in [0.15, 0.2) is 36.7 Å². The molecule has 1 amide bonds. The van der Waals surface area contributed by atoms with Gasteiger partial charge in [0.05, 0.1) is 23.1 Å². The summed E-state index contributed by atoms with van der Waals surface area (Å²) in [6.07, 6.45) is 2.46. The van der Waals surface area contributed by atoms with Crippen LogP contribution < -0.4 is 15.4 Å². The van der Waals surface area contributed by atoms with Gasteiger partial charge in [-0.05, 0) is 51.2 Å². The Labute approximate surface area is 198 Å². The van der Waals surface area contributed by atoms with Gasteiger partial charge in [0.25, 0.3) is 0 Å². The molecule has 0 atom stereocenters. The van der Waals surface area contributed by atoms with Crippen LogP contribution in [-0.4, -0.2) is 73.8 Å². The number of carbonyl (C=O) groups is 2. The van der Waals surface area contributed by atoms with Crippen molar-refractivity contribution < 1.29 is 19.4 Å². The molecule has 0 aromatic carbocycles. The number of hydrogen-bond donors (Lipinski definition) is 3. The molecule has 176 valence electrons. The molecule has 2 aromatic heterocycles. The Morgan fingerprint density at radius 3 is 2.36 bits per heavy atom. The van der Waals surface area contributed by atoms with Crippen molar-refractivity contribution in [3.05, 3.63) is 47.9 Å². The van der Waals surface area contributed by atoms with E-state index in [0.29, 0.717) is 43.5 Å². The van der Waals surface area contributed by atoms with Gasteiger partial charge in [0.2, 0.25) is 5.88 Å². The van der Waals surface area contributed by atoms with Crippen LogP contribution in [-0.2, 0) is 6.54 Å². The van der Waals surface area contributed by atoms with Crippen LogP contribution in [0, 0.1) is 0 Å². The van der Waals surface area contributed by atoms with Crippen molar-refractivity contribution in [2.45, 2.75) is 32.9 Å². The zero-order chi connectivity index (χ0) is 24.0. The highest BCUT2D eigenvalue weighted by atomic mass is 32.1. The van der Waals surface area contributed by atoms with Crippen LogP contribution in [0.4, 0.5) is 10.5 Å². The molecule has 0 aliphatic carbocycles. The number of thiocarbonyl (C=S) groups is 1. The number of carboxylic acids is 1. The summed E-state index contributed by atoms with van der Waals surface area (Å²) in [5.74, 6) is -0.784. The molecule has 1 fully saturated rings. The minimum Gasteiger partial charge on any atom is -0.478 e. The van der Waals surface area contributed by atoms with Crippen molar-refractivity contribution >= 4 is 35.1 Å². The number of nitrogens with zero attached hydrogens (tertiary/aromatic N) is 4. The van der Waals surface area contributed by atoms with E-state index < -0.39 is 12.1 Å². The number of rotatable bonds is 5. The van der Waals surface area contributed by atoms with Gasteiger partial charge in [-0.25, -0.2) is 14.6 Å². The van der Waals surface area contributed by atoms with Crippen molar-refractivity contribution in [1.29, 1.82) is 0 Å². The second kappa shape index (κ2) is 10.5. The van der Waals surface area contributed by atoms with E-state index in [1.54, 1.807) is 35.4 Å². The third kappa shape index (κ3) is 7.65. The van der Waals surface area contributed by atoms with E-state index >= 15 is 0 Å². The Hall–Kier alpha value is -3.31. The molecule has 1 saturated heterocycles. The monoisotopic (exact) mass is 472 g/mol. The molecule has 2 aromatic rings. The largest absolute Gasteiger partial charge is 0.478 e. The molecule has 11 heteroatoms. The van der Waals surface area contributed by atoms with Crippen molar-refractivity contribution in [2.75, 3.05) is 31.5 Å². The lowest BCUT2D eigenvalue weighted by atomic mass is 10.1. The van der Waals surface area contributed by atoms with Crippen LogP contribution >= 0.6 is 12.2 Å². The highest BCUT2D eigenvalue weighted by molar-refractivity contribution is 7.80. The molecule has 0 saturated carbocycles. The first-order chi connectivity index (χ1) is 15.6. The molecule has 3 rings (SSSR count). The molecule has 1 aliphatic rings. The summed E-state index contributed by atoms with van der Waals surface area (Å²) in [4.78, 5) is 35.6. The van der Waals surface area contributed by atoms with E-state index in [-0.39, 0.29) is 17.0 Å². The molecule has 1 aliphatic heterocycles. The Kier molecular flexibility index (Phi) is 7.77. The van der Waals surface area contributed by atoms with Crippen molar-refractivity contribution in [2.24, 2.45) is 0 Å². The van der Waals surface area contributed by atoms with Crippen molar-refractivity contribution in [3.8, 4) is 5.88 Å². The number of nitrogens with one attached hydrogen (secondary N) is 2. The number of piperazine rings is 1. The first-order valence-corrected chi connectivity index (χ1v) is 10.9. The summed E-state index contributed by atoms with van der Waals surface area (Å²) in [6.45, 7) is 8.96. The maximum atomic E-state index is 12.5. The van der Waals surface area contributed by atoms with Crippen LogP contribution in [0.5, 0.6) is 5.88 Å². The Morgan fingerprint density at radius 2 is 1.82 bits per heavy atom. The lowest BCUT2D eigenvalue weighted by Crippen LogP contribution is -2.49. The topological polar surface area (TPSA) is 120 Å². The SMILES string of the molecule is CC(C)(C)NC(=S)Nc1ccc(OC(=O)N2CCN(Cc3ccc(C(=O)O)cn3)CC2)nc1. The summed E-state index contributed by atoms with van der Waals surface area (Å²) in [5, 5.41) is 15.6. The normalized spacial score (nSPS) is 14.5. The molecule has 3 heterocycles. The van der Waals surface area contributed by atoms with Gasteiger partial charge in [-0.2, -0.15) is 0 Å². The third-order valence-corrected chi connectivity index (χ3v) is 4.97. The van der Waals surface area contributed by atoms with Crippen LogP contribution in [0.1, 0.15) is 36.8 Å². The Morgan fingerprint density at radius 1 is 1.09 bits per heavy atom.